The molecule has 0 bridgehead atoms. The molecule has 0 aliphatic carbocycles. The summed E-state index contributed by atoms with van der Waals surface area (Å²) in [5, 5.41) is 0. The number of fused-ring (bicyclic) bond motifs is 1. The van der Waals surface area contributed by atoms with E-state index >= 15 is 0 Å². The first kappa shape index (κ1) is 16.2. The molecule has 0 radical (unpaired) electrons. The molecule has 2 nitrogen and oxygen atoms in total. The van der Waals surface area contributed by atoms with E-state index in [9.17, 15) is 0 Å². The molecule has 1 aromatic rings. The molecular weight excluding hydrogens is 276 g/mol. The van der Waals surface area contributed by atoms with Crippen LogP contribution in [-0.4, -0.2) is 8.32 Å². The van der Waals surface area contributed by atoms with Gasteiger partial charge in [0.05, 0.1) is 0 Å². The zero-order chi connectivity index (χ0) is 15.6. The van der Waals surface area contributed by atoms with Gasteiger partial charge in [0.25, 0.3) is 14.3 Å². The first-order valence-electron chi connectivity index (χ1n) is 7.99. The summed E-state index contributed by atoms with van der Waals surface area (Å²) in [5.74, 6) is 0.719. The molecule has 3 heteroatoms. The smallest absolute Gasteiger partial charge is 0.266 e. The predicted molar refractivity (Wildman–Crippen MR) is 91.3 cm³/mol. The average Bonchev–Trinajstić information content (AvgIpc) is 2.43. The van der Waals surface area contributed by atoms with Crippen LogP contribution in [0.3, 0.4) is 0 Å². The molecule has 0 unspecified atom stereocenters. The summed E-state index contributed by atoms with van der Waals surface area (Å²) in [6.45, 7) is 14.4. The van der Waals surface area contributed by atoms with Crippen LogP contribution in [0.5, 0.6) is 0 Å². The van der Waals surface area contributed by atoms with Gasteiger partial charge < -0.3 is 9.16 Å². The molecule has 1 aliphatic heterocycles. The molecule has 0 atom stereocenters. The molecular formula is C18H28O2Si. The van der Waals surface area contributed by atoms with E-state index in [1.165, 1.54) is 11.1 Å². The van der Waals surface area contributed by atoms with Crippen molar-refractivity contribution >= 4 is 14.4 Å². The number of benzene rings is 1. The van der Waals surface area contributed by atoms with Gasteiger partial charge in [-0.15, -0.1) is 0 Å². The number of ether oxygens (including phenoxy) is 1. The highest BCUT2D eigenvalue weighted by molar-refractivity contribution is 6.77. The molecule has 0 amide bonds. The van der Waals surface area contributed by atoms with Gasteiger partial charge in [-0.25, -0.2) is 0 Å². The summed E-state index contributed by atoms with van der Waals surface area (Å²) in [6.07, 6.45) is 2.06. The minimum atomic E-state index is -1.93. The van der Waals surface area contributed by atoms with Gasteiger partial charge in [-0.1, -0.05) is 65.8 Å². The van der Waals surface area contributed by atoms with Crippen LogP contribution < -0.4 is 0 Å². The molecule has 0 fully saturated rings. The maximum Gasteiger partial charge on any atom is 0.266 e. The van der Waals surface area contributed by atoms with E-state index in [0.717, 1.165) is 5.95 Å². The van der Waals surface area contributed by atoms with Gasteiger partial charge in [0.15, 0.2) is 0 Å². The van der Waals surface area contributed by atoms with Crippen molar-refractivity contribution in [3.8, 4) is 0 Å². The summed E-state index contributed by atoms with van der Waals surface area (Å²) in [7, 11) is -1.93. The van der Waals surface area contributed by atoms with Gasteiger partial charge in [-0.2, -0.15) is 0 Å². The molecule has 21 heavy (non-hydrogen) atoms. The third kappa shape index (κ3) is 3.03. The summed E-state index contributed by atoms with van der Waals surface area (Å²) >= 11 is 0. The second-order valence-electron chi connectivity index (χ2n) is 6.87. The van der Waals surface area contributed by atoms with Gasteiger partial charge in [-0.05, 0) is 27.8 Å². The first-order valence-corrected chi connectivity index (χ1v) is 10.1. The van der Waals surface area contributed by atoms with E-state index in [1.807, 2.05) is 0 Å². The molecule has 0 spiro atoms. The first-order chi connectivity index (χ1) is 9.87. The summed E-state index contributed by atoms with van der Waals surface area (Å²) < 4.78 is 12.5. The fourth-order valence-corrected chi connectivity index (χ4v) is 8.88. The number of rotatable bonds is 5. The van der Waals surface area contributed by atoms with Gasteiger partial charge >= 0.3 is 0 Å². The van der Waals surface area contributed by atoms with E-state index in [1.54, 1.807) is 0 Å². The Hall–Kier alpha value is -1.22. The molecule has 116 valence electrons. The number of hydrogen-bond donors (Lipinski definition) is 0. The van der Waals surface area contributed by atoms with Gasteiger partial charge in [0.2, 0.25) is 0 Å². The van der Waals surface area contributed by atoms with Crippen LogP contribution in [0, 0.1) is 0 Å². The molecule has 1 heterocycles. The zero-order valence-corrected chi connectivity index (χ0v) is 15.1. The van der Waals surface area contributed by atoms with E-state index in [2.05, 4.69) is 71.9 Å². The lowest BCUT2D eigenvalue weighted by Crippen LogP contribution is -2.47. The fraction of sp³-hybridized carbons (Fsp3) is 0.556. The fourth-order valence-electron chi connectivity index (χ4n) is 3.71. The molecule has 0 saturated carbocycles. The average molecular weight is 305 g/mol. The Kier molecular flexibility index (Phi) is 4.82. The van der Waals surface area contributed by atoms with Crippen molar-refractivity contribution in [1.29, 1.82) is 0 Å². The normalized spacial score (nSPS) is 15.0. The predicted octanol–water partition coefficient (Wildman–Crippen LogP) is 5.71. The largest absolute Gasteiger partial charge is 0.518 e. The molecule has 2 rings (SSSR count). The number of hydrogen-bond acceptors (Lipinski definition) is 2. The maximum absolute atomic E-state index is 6.60. The minimum absolute atomic E-state index is 0.555. The van der Waals surface area contributed by atoms with Gasteiger partial charge in [0, 0.05) is 6.08 Å². The highest BCUT2D eigenvalue weighted by Crippen LogP contribution is 2.44. The van der Waals surface area contributed by atoms with Crippen LogP contribution in [0.4, 0.5) is 0 Å². The van der Waals surface area contributed by atoms with Crippen LogP contribution in [0.25, 0.3) is 6.08 Å². The van der Waals surface area contributed by atoms with Crippen LogP contribution >= 0.6 is 0 Å². The Bertz CT molecular complexity index is 496. The van der Waals surface area contributed by atoms with E-state index < -0.39 is 8.32 Å². The Labute approximate surface area is 130 Å². The maximum atomic E-state index is 6.60. The third-order valence-electron chi connectivity index (χ3n) is 4.68. The molecule has 1 aliphatic rings. The SMILES string of the molecule is CC(C)[Si](OC1=Cc2ccccc2CO1)(C(C)C)C(C)C. The lowest BCUT2D eigenvalue weighted by atomic mass is 10.1. The lowest BCUT2D eigenvalue weighted by molar-refractivity contribution is 0.0856. The second kappa shape index (κ2) is 6.26. The zero-order valence-electron chi connectivity index (χ0n) is 14.1. The highest BCUT2D eigenvalue weighted by Gasteiger charge is 2.48. The van der Waals surface area contributed by atoms with Crippen molar-refractivity contribution in [3.63, 3.8) is 0 Å². The van der Waals surface area contributed by atoms with Crippen LogP contribution in [0.1, 0.15) is 52.7 Å². The van der Waals surface area contributed by atoms with E-state index in [4.69, 9.17) is 9.16 Å². The van der Waals surface area contributed by atoms with Gasteiger partial charge in [-0.3, -0.25) is 0 Å². The standard InChI is InChI=1S/C18H28O2Si/c1-13(2)21(14(3)4,15(5)6)20-18-11-16-9-7-8-10-17(16)12-19-18/h7-11,13-15H,12H2,1-6H3. The van der Waals surface area contributed by atoms with Gasteiger partial charge in [0.1, 0.15) is 6.61 Å². The van der Waals surface area contributed by atoms with Crippen molar-refractivity contribution < 1.29 is 9.16 Å². The van der Waals surface area contributed by atoms with Crippen LogP contribution in [0.2, 0.25) is 16.6 Å². The van der Waals surface area contributed by atoms with Crippen molar-refractivity contribution in [2.45, 2.75) is 64.8 Å². The molecule has 0 aromatic heterocycles. The second-order valence-corrected chi connectivity index (χ2v) is 12.2. The van der Waals surface area contributed by atoms with Crippen molar-refractivity contribution in [2.75, 3.05) is 0 Å². The summed E-state index contributed by atoms with van der Waals surface area (Å²) in [4.78, 5) is 0. The molecule has 0 N–H and O–H groups in total. The third-order valence-corrected chi connectivity index (χ3v) is 10.7. The Balaban J connectivity index is 2.33. The topological polar surface area (TPSA) is 18.5 Å². The van der Waals surface area contributed by atoms with Crippen LogP contribution in [-0.2, 0) is 15.8 Å². The molecule has 0 saturated heterocycles. The minimum Gasteiger partial charge on any atom is -0.518 e. The lowest BCUT2D eigenvalue weighted by Gasteiger charge is -2.42. The van der Waals surface area contributed by atoms with E-state index in [0.29, 0.717) is 23.2 Å². The Morgan fingerprint density at radius 3 is 2.10 bits per heavy atom. The van der Waals surface area contributed by atoms with Crippen LogP contribution in [0.15, 0.2) is 30.2 Å². The highest BCUT2D eigenvalue weighted by atomic mass is 28.4. The monoisotopic (exact) mass is 304 g/mol. The Morgan fingerprint density at radius 2 is 1.52 bits per heavy atom. The van der Waals surface area contributed by atoms with Crippen molar-refractivity contribution in [2.24, 2.45) is 0 Å². The van der Waals surface area contributed by atoms with Crippen molar-refractivity contribution in [3.05, 3.63) is 41.3 Å². The van der Waals surface area contributed by atoms with E-state index in [-0.39, 0.29) is 0 Å². The summed E-state index contributed by atoms with van der Waals surface area (Å²) in [6, 6.07) is 8.36. The van der Waals surface area contributed by atoms with Crippen molar-refractivity contribution in [1.82, 2.24) is 0 Å². The quantitative estimate of drug-likeness (QED) is 0.649. The Morgan fingerprint density at radius 1 is 0.952 bits per heavy atom. The summed E-state index contributed by atoms with van der Waals surface area (Å²) in [5.41, 5.74) is 4.12. The molecule has 1 aromatic carbocycles.